The summed E-state index contributed by atoms with van der Waals surface area (Å²) in [5, 5.41) is 5.69. The third-order valence-electron chi connectivity index (χ3n) is 6.03. The minimum absolute atomic E-state index is 0.215. The molecular formula is C24H27N3O4. The molecule has 7 heteroatoms. The average molecular weight is 421 g/mol. The Kier molecular flexibility index (Phi) is 5.43. The van der Waals surface area contributed by atoms with Gasteiger partial charge in [0.25, 0.3) is 5.91 Å². The second-order valence-electron chi connectivity index (χ2n) is 8.52. The highest BCUT2D eigenvalue weighted by Crippen LogP contribution is 2.32. The first kappa shape index (κ1) is 20.9. The van der Waals surface area contributed by atoms with Gasteiger partial charge >= 0.3 is 6.03 Å². The zero-order valence-corrected chi connectivity index (χ0v) is 18.0. The summed E-state index contributed by atoms with van der Waals surface area (Å²) < 4.78 is 5.62. The van der Waals surface area contributed by atoms with Crippen LogP contribution >= 0.6 is 0 Å². The van der Waals surface area contributed by atoms with Crippen LogP contribution in [0.5, 0.6) is 5.75 Å². The molecule has 0 bridgehead atoms. The number of para-hydroxylation sites is 1. The number of carbonyl (C=O) groups excluding carboxylic acids is 3. The maximum atomic E-state index is 13.1. The van der Waals surface area contributed by atoms with Crippen molar-refractivity contribution in [2.24, 2.45) is 0 Å². The molecule has 2 atom stereocenters. The van der Waals surface area contributed by atoms with Crippen LogP contribution in [0.1, 0.15) is 55.8 Å². The van der Waals surface area contributed by atoms with Crippen LogP contribution in [-0.4, -0.2) is 35.9 Å². The Morgan fingerprint density at radius 3 is 2.61 bits per heavy atom. The van der Waals surface area contributed by atoms with Gasteiger partial charge in [0, 0.05) is 12.0 Å². The van der Waals surface area contributed by atoms with E-state index >= 15 is 0 Å². The Bertz CT molecular complexity index is 1020. The number of hydrogen-bond donors (Lipinski definition) is 2. The number of urea groups is 1. The number of rotatable bonds is 5. The first-order valence-electron chi connectivity index (χ1n) is 10.5. The number of benzene rings is 2. The quantitative estimate of drug-likeness (QED) is 0.726. The second-order valence-corrected chi connectivity index (χ2v) is 8.52. The summed E-state index contributed by atoms with van der Waals surface area (Å²) in [6.07, 6.45) is 0.628. The van der Waals surface area contributed by atoms with Crippen LogP contribution in [0.3, 0.4) is 0 Å². The van der Waals surface area contributed by atoms with Crippen LogP contribution in [0.15, 0.2) is 48.5 Å². The lowest BCUT2D eigenvalue weighted by molar-refractivity contribution is -0.135. The van der Waals surface area contributed by atoms with Crippen molar-refractivity contribution in [3.05, 3.63) is 65.2 Å². The van der Waals surface area contributed by atoms with Crippen molar-refractivity contribution in [1.29, 1.82) is 0 Å². The number of imide groups is 1. The predicted molar refractivity (Wildman–Crippen MR) is 116 cm³/mol. The maximum Gasteiger partial charge on any atom is 0.325 e. The molecule has 1 saturated heterocycles. The standard InChI is InChI=1S/C24H27N3O4/c1-15(2)16-8-10-17(11-9-16)24(3)22(29)27(23(30)26-24)14-21(28)25-19-12-13-31-20-7-5-4-6-18(19)20/h4-11,15,19H,12-14H2,1-3H3,(H,25,28)(H,26,30). The maximum absolute atomic E-state index is 13.1. The molecule has 2 N–H and O–H groups in total. The molecule has 4 amide bonds. The number of ether oxygens (including phenoxy) is 1. The lowest BCUT2D eigenvalue weighted by Crippen LogP contribution is -2.44. The zero-order chi connectivity index (χ0) is 22.2. The minimum atomic E-state index is -1.20. The van der Waals surface area contributed by atoms with Gasteiger partial charge in [-0.15, -0.1) is 0 Å². The van der Waals surface area contributed by atoms with E-state index < -0.39 is 17.5 Å². The number of amides is 4. The van der Waals surface area contributed by atoms with Gasteiger partial charge in [-0.2, -0.15) is 0 Å². The van der Waals surface area contributed by atoms with Crippen molar-refractivity contribution in [1.82, 2.24) is 15.5 Å². The van der Waals surface area contributed by atoms with Gasteiger partial charge in [-0.25, -0.2) is 4.79 Å². The Hall–Kier alpha value is -3.35. The Morgan fingerprint density at radius 2 is 1.90 bits per heavy atom. The lowest BCUT2D eigenvalue weighted by atomic mass is 9.90. The molecule has 0 spiro atoms. The molecule has 0 aliphatic carbocycles. The lowest BCUT2D eigenvalue weighted by Gasteiger charge is -2.27. The molecule has 31 heavy (non-hydrogen) atoms. The van der Waals surface area contributed by atoms with E-state index in [0.717, 1.165) is 21.8 Å². The van der Waals surface area contributed by atoms with Crippen molar-refractivity contribution >= 4 is 17.8 Å². The van der Waals surface area contributed by atoms with Crippen LogP contribution in [0, 0.1) is 0 Å². The summed E-state index contributed by atoms with van der Waals surface area (Å²) >= 11 is 0. The van der Waals surface area contributed by atoms with Crippen molar-refractivity contribution < 1.29 is 19.1 Å². The number of hydrogen-bond acceptors (Lipinski definition) is 4. The van der Waals surface area contributed by atoms with E-state index in [9.17, 15) is 14.4 Å². The largest absolute Gasteiger partial charge is 0.493 e. The smallest absolute Gasteiger partial charge is 0.325 e. The molecule has 0 radical (unpaired) electrons. The molecule has 2 aliphatic rings. The molecule has 162 valence electrons. The molecule has 7 nitrogen and oxygen atoms in total. The molecule has 0 saturated carbocycles. The van der Waals surface area contributed by atoms with Crippen LogP contribution in [-0.2, 0) is 15.1 Å². The van der Waals surface area contributed by atoms with E-state index in [-0.39, 0.29) is 18.5 Å². The van der Waals surface area contributed by atoms with E-state index in [1.165, 1.54) is 0 Å². The topological polar surface area (TPSA) is 87.7 Å². The first-order valence-corrected chi connectivity index (χ1v) is 10.5. The number of fused-ring (bicyclic) bond motifs is 1. The third kappa shape index (κ3) is 3.87. The molecule has 1 fully saturated rings. The molecule has 2 aromatic carbocycles. The van der Waals surface area contributed by atoms with E-state index in [1.807, 2.05) is 48.5 Å². The molecule has 0 aromatic heterocycles. The summed E-state index contributed by atoms with van der Waals surface area (Å²) in [4.78, 5) is 39.4. The number of carbonyl (C=O) groups is 3. The Labute approximate surface area is 181 Å². The molecule has 2 heterocycles. The van der Waals surface area contributed by atoms with E-state index in [2.05, 4.69) is 24.5 Å². The van der Waals surface area contributed by atoms with Crippen LogP contribution < -0.4 is 15.4 Å². The zero-order valence-electron chi connectivity index (χ0n) is 18.0. The summed E-state index contributed by atoms with van der Waals surface area (Å²) in [7, 11) is 0. The fraction of sp³-hybridized carbons (Fsp3) is 0.375. The average Bonchev–Trinajstić information content (AvgIpc) is 2.98. The van der Waals surface area contributed by atoms with Gasteiger partial charge < -0.3 is 15.4 Å². The van der Waals surface area contributed by atoms with Crippen LogP contribution in [0.4, 0.5) is 4.79 Å². The summed E-state index contributed by atoms with van der Waals surface area (Å²) in [5.41, 5.74) is 1.54. The van der Waals surface area contributed by atoms with Gasteiger partial charge in [0.15, 0.2) is 0 Å². The van der Waals surface area contributed by atoms with Crippen molar-refractivity contribution in [3.8, 4) is 5.75 Å². The Morgan fingerprint density at radius 1 is 1.19 bits per heavy atom. The van der Waals surface area contributed by atoms with Crippen LogP contribution in [0.2, 0.25) is 0 Å². The highest BCUT2D eigenvalue weighted by Gasteiger charge is 2.49. The summed E-state index contributed by atoms with van der Waals surface area (Å²) in [6, 6.07) is 14.4. The highest BCUT2D eigenvalue weighted by molar-refractivity contribution is 6.09. The monoisotopic (exact) mass is 421 g/mol. The van der Waals surface area contributed by atoms with Gasteiger partial charge in [0.1, 0.15) is 17.8 Å². The highest BCUT2D eigenvalue weighted by atomic mass is 16.5. The SMILES string of the molecule is CC(C)c1ccc(C2(C)NC(=O)N(CC(=O)NC3CCOc4ccccc43)C2=O)cc1. The van der Waals surface area contributed by atoms with Gasteiger partial charge in [0.2, 0.25) is 5.91 Å². The van der Waals surface area contributed by atoms with E-state index in [1.54, 1.807) is 6.92 Å². The minimum Gasteiger partial charge on any atom is -0.493 e. The molecular weight excluding hydrogens is 394 g/mol. The fourth-order valence-electron chi connectivity index (χ4n) is 4.11. The molecule has 2 unspecified atom stereocenters. The van der Waals surface area contributed by atoms with Crippen LogP contribution in [0.25, 0.3) is 0 Å². The van der Waals surface area contributed by atoms with Crippen molar-refractivity contribution in [2.45, 2.75) is 44.7 Å². The van der Waals surface area contributed by atoms with E-state index in [0.29, 0.717) is 24.5 Å². The predicted octanol–water partition coefficient (Wildman–Crippen LogP) is 3.22. The van der Waals surface area contributed by atoms with E-state index in [4.69, 9.17) is 4.74 Å². The van der Waals surface area contributed by atoms with Gasteiger partial charge in [-0.1, -0.05) is 56.3 Å². The van der Waals surface area contributed by atoms with Crippen molar-refractivity contribution in [3.63, 3.8) is 0 Å². The van der Waals surface area contributed by atoms with Crippen molar-refractivity contribution in [2.75, 3.05) is 13.2 Å². The number of nitrogens with zero attached hydrogens (tertiary/aromatic N) is 1. The first-order chi connectivity index (χ1) is 14.8. The third-order valence-corrected chi connectivity index (χ3v) is 6.03. The summed E-state index contributed by atoms with van der Waals surface area (Å²) in [6.45, 7) is 6.02. The second kappa shape index (κ2) is 8.06. The van der Waals surface area contributed by atoms with Gasteiger partial charge in [-0.3, -0.25) is 14.5 Å². The fourth-order valence-corrected chi connectivity index (χ4v) is 4.11. The van der Waals surface area contributed by atoms with Gasteiger partial charge in [0.05, 0.1) is 12.6 Å². The summed E-state index contributed by atoms with van der Waals surface area (Å²) in [5.74, 6) is 0.291. The Balaban J connectivity index is 1.46. The molecule has 2 aromatic rings. The normalized spacial score (nSPS) is 22.7. The molecule has 2 aliphatic heterocycles. The molecule has 4 rings (SSSR count). The van der Waals surface area contributed by atoms with Gasteiger partial charge in [-0.05, 0) is 30.0 Å². The number of nitrogens with one attached hydrogen (secondary N) is 2.